The average Bonchev–Trinajstić information content (AvgIpc) is 3.31. The van der Waals surface area contributed by atoms with E-state index in [1.807, 2.05) is 48.7 Å². The molecule has 0 N–H and O–H groups in total. The molecule has 8 aromatic carbocycles. The van der Waals surface area contributed by atoms with E-state index in [0.29, 0.717) is 0 Å². The van der Waals surface area contributed by atoms with Gasteiger partial charge < -0.3 is 4.99 Å². The Bertz CT molecular complexity index is 2520. The molecular formula is C56H38N2Pt. The van der Waals surface area contributed by atoms with Gasteiger partial charge in [0.15, 0.2) is 0 Å². The molecule has 0 aliphatic carbocycles. The number of benzene rings is 8. The third kappa shape index (κ3) is 9.10. The molecule has 0 amide bonds. The summed E-state index contributed by atoms with van der Waals surface area (Å²) in [7, 11) is 0. The minimum absolute atomic E-state index is 0. The van der Waals surface area contributed by atoms with Crippen LogP contribution < -0.4 is 0 Å². The fourth-order valence-corrected chi connectivity index (χ4v) is 7.27. The van der Waals surface area contributed by atoms with Crippen LogP contribution in [0.3, 0.4) is 0 Å². The summed E-state index contributed by atoms with van der Waals surface area (Å²) in [6.45, 7) is 0. The van der Waals surface area contributed by atoms with Crippen molar-refractivity contribution >= 4 is 17.0 Å². The molecule has 0 saturated heterocycles. The van der Waals surface area contributed by atoms with Crippen molar-refractivity contribution in [1.29, 1.82) is 0 Å². The molecule has 0 radical (unpaired) electrons. The van der Waals surface area contributed by atoms with Crippen molar-refractivity contribution in [3.63, 3.8) is 0 Å². The summed E-state index contributed by atoms with van der Waals surface area (Å²) in [5, 5.41) is 0. The molecule has 9 aromatic rings. The molecule has 0 aliphatic rings. The largest absolute Gasteiger partial charge is 2.00 e. The number of pyridine rings is 1. The van der Waals surface area contributed by atoms with Gasteiger partial charge in [-0.05, 0) is 79.7 Å². The second-order valence-corrected chi connectivity index (χ2v) is 14.0. The van der Waals surface area contributed by atoms with Gasteiger partial charge in [0.2, 0.25) is 0 Å². The zero-order chi connectivity index (χ0) is 38.9. The van der Waals surface area contributed by atoms with E-state index in [1.54, 1.807) is 0 Å². The normalized spacial score (nSPS) is 11.5. The molecule has 0 saturated carbocycles. The first-order valence-corrected chi connectivity index (χ1v) is 19.5. The Hall–Kier alpha value is -6.99. The first-order valence-electron chi connectivity index (χ1n) is 19.5. The zero-order valence-corrected chi connectivity index (χ0v) is 34.4. The van der Waals surface area contributed by atoms with Gasteiger partial charge in [0.25, 0.3) is 0 Å². The van der Waals surface area contributed by atoms with Crippen molar-refractivity contribution in [1.82, 2.24) is 4.98 Å². The van der Waals surface area contributed by atoms with Crippen LogP contribution >= 0.6 is 0 Å². The van der Waals surface area contributed by atoms with E-state index in [4.69, 9.17) is 9.98 Å². The SMILES string of the molecule is [C-](=C(c1cc(-c2ccccc2)cc(-c2ccccc2)c1)c1ccccn1)c1ccccc1N=C(c1[c-]cccc1)c1cc(-c2ccccc2)cc(-c2ccccc2)c1.[Pt+2]. The van der Waals surface area contributed by atoms with Crippen LogP contribution in [0.25, 0.3) is 50.1 Å². The third-order valence-corrected chi connectivity index (χ3v) is 10.1. The molecular weight excluding hydrogens is 896 g/mol. The van der Waals surface area contributed by atoms with Crippen molar-refractivity contribution < 1.29 is 21.1 Å². The molecule has 59 heavy (non-hydrogen) atoms. The fourth-order valence-electron chi connectivity index (χ4n) is 7.27. The first kappa shape index (κ1) is 38.9. The van der Waals surface area contributed by atoms with Gasteiger partial charge in [-0.1, -0.05) is 193 Å². The standard InChI is InChI=1S/C56H38N2.Pt/c1-6-20-41(21-7-1)47-34-48(42-22-8-2-9-23-42)37-51(36-47)53(55-32-18-19-33-57-55)40-46-30-16-17-31-54(46)58-56(45-28-14-5-15-29-45)52-38-49(43-24-10-3-11-25-43)35-50(39-52)44-26-12-4-13-27-44;/h1-28,30-39H;/q-2;+2. The van der Waals surface area contributed by atoms with Gasteiger partial charge in [0.1, 0.15) is 0 Å². The molecule has 0 aliphatic heterocycles. The minimum atomic E-state index is 0. The van der Waals surface area contributed by atoms with Gasteiger partial charge in [-0.15, -0.1) is 48.0 Å². The smallest absolute Gasteiger partial charge is 0.335 e. The van der Waals surface area contributed by atoms with Crippen LogP contribution in [0.15, 0.2) is 236 Å². The quantitative estimate of drug-likeness (QED) is 0.0762. The van der Waals surface area contributed by atoms with Crippen LogP contribution in [0.1, 0.15) is 27.9 Å². The second-order valence-electron chi connectivity index (χ2n) is 14.0. The topological polar surface area (TPSA) is 25.2 Å². The number of rotatable bonds is 10. The summed E-state index contributed by atoms with van der Waals surface area (Å²) in [6.07, 6.45) is 5.70. The Balaban J connectivity index is 0.00000484. The minimum Gasteiger partial charge on any atom is -0.335 e. The Morgan fingerprint density at radius 3 is 1.36 bits per heavy atom. The van der Waals surface area contributed by atoms with Gasteiger partial charge in [0, 0.05) is 11.9 Å². The van der Waals surface area contributed by atoms with Gasteiger partial charge in [-0.25, -0.2) is 0 Å². The van der Waals surface area contributed by atoms with Crippen molar-refractivity contribution in [2.45, 2.75) is 0 Å². The van der Waals surface area contributed by atoms with E-state index in [2.05, 4.69) is 194 Å². The van der Waals surface area contributed by atoms with Gasteiger partial charge in [-0.3, -0.25) is 4.98 Å². The summed E-state index contributed by atoms with van der Waals surface area (Å²) in [6, 6.07) is 81.5. The zero-order valence-electron chi connectivity index (χ0n) is 32.1. The maximum absolute atomic E-state index is 5.53. The number of hydrogen-bond acceptors (Lipinski definition) is 2. The molecule has 1 heterocycles. The molecule has 0 bridgehead atoms. The predicted octanol–water partition coefficient (Wildman–Crippen LogP) is 14.0. The molecule has 0 unspecified atom stereocenters. The van der Waals surface area contributed by atoms with Crippen molar-refractivity contribution in [2.75, 3.05) is 0 Å². The van der Waals surface area contributed by atoms with E-state index < -0.39 is 0 Å². The summed E-state index contributed by atoms with van der Waals surface area (Å²) in [4.78, 5) is 10.4. The summed E-state index contributed by atoms with van der Waals surface area (Å²) < 4.78 is 0. The molecule has 2 nitrogen and oxygen atoms in total. The summed E-state index contributed by atoms with van der Waals surface area (Å²) in [5.41, 5.74) is 16.1. The average molecular weight is 934 g/mol. The van der Waals surface area contributed by atoms with E-state index >= 15 is 0 Å². The molecule has 282 valence electrons. The molecule has 0 spiro atoms. The molecule has 0 atom stereocenters. The Morgan fingerprint density at radius 2 is 0.881 bits per heavy atom. The van der Waals surface area contributed by atoms with Crippen LogP contribution in [0.5, 0.6) is 0 Å². The Labute approximate surface area is 361 Å². The maximum Gasteiger partial charge on any atom is 2.00 e. The van der Waals surface area contributed by atoms with Crippen molar-refractivity contribution in [3.8, 4) is 44.5 Å². The van der Waals surface area contributed by atoms with Crippen LogP contribution in [-0.2, 0) is 21.1 Å². The van der Waals surface area contributed by atoms with Crippen molar-refractivity contribution in [3.05, 3.63) is 271 Å². The number of aliphatic imine (C=N–C) groups is 1. The molecule has 9 rings (SSSR count). The van der Waals surface area contributed by atoms with Crippen LogP contribution in [0.4, 0.5) is 5.69 Å². The number of nitrogens with zero attached hydrogens (tertiary/aromatic N) is 2. The predicted molar refractivity (Wildman–Crippen MR) is 241 cm³/mol. The number of aromatic nitrogens is 1. The fraction of sp³-hybridized carbons (Fsp3) is 0. The van der Waals surface area contributed by atoms with E-state index in [0.717, 1.165) is 89.4 Å². The Kier molecular flexibility index (Phi) is 12.2. The Morgan fingerprint density at radius 1 is 0.424 bits per heavy atom. The number of hydrogen-bond donors (Lipinski definition) is 0. The van der Waals surface area contributed by atoms with E-state index in [-0.39, 0.29) is 21.1 Å². The van der Waals surface area contributed by atoms with Gasteiger partial charge >= 0.3 is 21.1 Å². The summed E-state index contributed by atoms with van der Waals surface area (Å²) in [5.74, 6) is 0. The van der Waals surface area contributed by atoms with E-state index in [1.165, 1.54) is 0 Å². The van der Waals surface area contributed by atoms with Gasteiger partial charge in [0.05, 0.1) is 0 Å². The maximum atomic E-state index is 5.53. The van der Waals surface area contributed by atoms with Crippen molar-refractivity contribution in [2.24, 2.45) is 4.99 Å². The second kappa shape index (κ2) is 18.5. The molecule has 3 heteroatoms. The van der Waals surface area contributed by atoms with Gasteiger partial charge in [-0.2, -0.15) is 0 Å². The van der Waals surface area contributed by atoms with Crippen LogP contribution in [-0.4, -0.2) is 10.7 Å². The first-order chi connectivity index (χ1) is 28.7. The molecule has 1 aromatic heterocycles. The number of para-hydroxylation sites is 1. The molecule has 0 fully saturated rings. The van der Waals surface area contributed by atoms with Crippen LogP contribution in [0.2, 0.25) is 0 Å². The third-order valence-electron chi connectivity index (χ3n) is 10.1. The van der Waals surface area contributed by atoms with Crippen LogP contribution in [0, 0.1) is 12.1 Å². The summed E-state index contributed by atoms with van der Waals surface area (Å²) >= 11 is 0. The van der Waals surface area contributed by atoms with E-state index in [9.17, 15) is 0 Å². The monoisotopic (exact) mass is 933 g/mol.